The first-order chi connectivity index (χ1) is 11.2. The van der Waals surface area contributed by atoms with Crippen molar-refractivity contribution in [3.63, 3.8) is 0 Å². The SMILES string of the molecule is CCCCCCC=CCCCc1cc(=O)c2ccccc2n1O. The predicted octanol–water partition coefficient (Wildman–Crippen LogP) is 5.09. The second-order valence-corrected chi connectivity index (χ2v) is 6.04. The zero-order valence-corrected chi connectivity index (χ0v) is 14.0. The van der Waals surface area contributed by atoms with Gasteiger partial charge in [-0.1, -0.05) is 50.5 Å². The van der Waals surface area contributed by atoms with Gasteiger partial charge in [0.15, 0.2) is 5.43 Å². The molecule has 2 rings (SSSR count). The van der Waals surface area contributed by atoms with Gasteiger partial charge in [-0.05, 0) is 44.2 Å². The first-order valence-electron chi connectivity index (χ1n) is 8.72. The molecule has 0 saturated heterocycles. The molecule has 0 fully saturated rings. The van der Waals surface area contributed by atoms with Crippen LogP contribution in [0.4, 0.5) is 0 Å². The summed E-state index contributed by atoms with van der Waals surface area (Å²) in [6, 6.07) is 8.72. The van der Waals surface area contributed by atoms with E-state index in [9.17, 15) is 10.0 Å². The lowest BCUT2D eigenvalue weighted by molar-refractivity contribution is 0.187. The van der Waals surface area contributed by atoms with Crippen LogP contribution in [0.1, 0.15) is 57.6 Å². The molecule has 1 aromatic carbocycles. The lowest BCUT2D eigenvalue weighted by atomic mass is 10.1. The Hall–Kier alpha value is -2.03. The van der Waals surface area contributed by atoms with E-state index in [-0.39, 0.29) is 5.43 Å². The highest BCUT2D eigenvalue weighted by atomic mass is 16.5. The van der Waals surface area contributed by atoms with Gasteiger partial charge in [0, 0.05) is 11.5 Å². The summed E-state index contributed by atoms with van der Waals surface area (Å²) in [4.78, 5) is 12.1. The number of pyridine rings is 1. The predicted molar refractivity (Wildman–Crippen MR) is 96.2 cm³/mol. The standard InChI is InChI=1S/C20H27NO2/c1-2-3-4-5-6-7-8-9-10-13-17-16-20(22)18-14-11-12-15-19(18)21(17)23/h7-8,11-12,14-16,23H,2-6,9-10,13H2,1H3. The molecule has 1 heterocycles. The van der Waals surface area contributed by atoms with E-state index in [0.29, 0.717) is 23.0 Å². The van der Waals surface area contributed by atoms with Gasteiger partial charge < -0.3 is 5.21 Å². The Kier molecular flexibility index (Phi) is 6.92. The number of allylic oxidation sites excluding steroid dienone is 2. The van der Waals surface area contributed by atoms with Crippen molar-refractivity contribution in [3.05, 3.63) is 58.4 Å². The van der Waals surface area contributed by atoms with Crippen molar-refractivity contribution in [2.75, 3.05) is 0 Å². The Bertz CT molecular complexity index is 700. The molecular weight excluding hydrogens is 286 g/mol. The third-order valence-electron chi connectivity index (χ3n) is 4.16. The fraction of sp³-hybridized carbons (Fsp3) is 0.450. The monoisotopic (exact) mass is 313 g/mol. The summed E-state index contributed by atoms with van der Waals surface area (Å²) in [6.07, 6.45) is 13.4. The van der Waals surface area contributed by atoms with E-state index < -0.39 is 0 Å². The maximum absolute atomic E-state index is 12.1. The van der Waals surface area contributed by atoms with Crippen LogP contribution in [0, 0.1) is 0 Å². The largest absolute Gasteiger partial charge is 0.428 e. The minimum absolute atomic E-state index is 0.0210. The van der Waals surface area contributed by atoms with E-state index in [0.717, 1.165) is 24.0 Å². The van der Waals surface area contributed by atoms with Crippen LogP contribution in [0.25, 0.3) is 10.9 Å². The number of hydrogen-bond acceptors (Lipinski definition) is 2. The van der Waals surface area contributed by atoms with Crippen molar-refractivity contribution in [2.45, 2.75) is 58.3 Å². The van der Waals surface area contributed by atoms with Gasteiger partial charge in [-0.15, -0.1) is 0 Å². The molecule has 124 valence electrons. The van der Waals surface area contributed by atoms with Crippen LogP contribution in [0.5, 0.6) is 0 Å². The van der Waals surface area contributed by atoms with Gasteiger partial charge in [-0.3, -0.25) is 4.79 Å². The van der Waals surface area contributed by atoms with Crippen molar-refractivity contribution in [1.29, 1.82) is 0 Å². The molecule has 2 aromatic rings. The highest BCUT2D eigenvalue weighted by molar-refractivity contribution is 5.78. The Morgan fingerprint density at radius 1 is 1.04 bits per heavy atom. The van der Waals surface area contributed by atoms with Crippen LogP contribution in [0.3, 0.4) is 0 Å². The average Bonchev–Trinajstić information content (AvgIpc) is 2.57. The van der Waals surface area contributed by atoms with Crippen LogP contribution in [-0.2, 0) is 6.42 Å². The number of rotatable bonds is 9. The van der Waals surface area contributed by atoms with E-state index in [1.807, 2.05) is 12.1 Å². The van der Waals surface area contributed by atoms with E-state index >= 15 is 0 Å². The molecule has 0 atom stereocenters. The number of unbranched alkanes of at least 4 members (excludes halogenated alkanes) is 5. The summed E-state index contributed by atoms with van der Waals surface area (Å²) >= 11 is 0. The molecule has 0 bridgehead atoms. The molecule has 0 aliphatic rings. The van der Waals surface area contributed by atoms with Gasteiger partial charge in [0.25, 0.3) is 0 Å². The molecule has 0 amide bonds. The maximum Gasteiger partial charge on any atom is 0.189 e. The normalized spacial score (nSPS) is 11.5. The van der Waals surface area contributed by atoms with Gasteiger partial charge in [-0.2, -0.15) is 4.73 Å². The summed E-state index contributed by atoms with van der Waals surface area (Å²) < 4.78 is 1.16. The molecule has 0 spiro atoms. The number of aromatic nitrogens is 1. The molecule has 3 nitrogen and oxygen atoms in total. The zero-order chi connectivity index (χ0) is 16.5. The van der Waals surface area contributed by atoms with E-state index in [1.165, 1.54) is 25.7 Å². The van der Waals surface area contributed by atoms with Crippen LogP contribution in [0.2, 0.25) is 0 Å². The number of nitrogens with zero attached hydrogens (tertiary/aromatic N) is 1. The number of hydrogen-bond donors (Lipinski definition) is 1. The first kappa shape index (κ1) is 17.3. The fourth-order valence-corrected chi connectivity index (χ4v) is 2.82. The van der Waals surface area contributed by atoms with E-state index in [4.69, 9.17) is 0 Å². The topological polar surface area (TPSA) is 42.2 Å². The van der Waals surface area contributed by atoms with Crippen LogP contribution >= 0.6 is 0 Å². The van der Waals surface area contributed by atoms with Crippen molar-refractivity contribution in [1.82, 2.24) is 4.73 Å². The quantitative estimate of drug-likeness (QED) is 0.398. The average molecular weight is 313 g/mol. The van der Waals surface area contributed by atoms with Crippen molar-refractivity contribution >= 4 is 10.9 Å². The van der Waals surface area contributed by atoms with E-state index in [1.54, 1.807) is 18.2 Å². The molecule has 23 heavy (non-hydrogen) atoms. The molecular formula is C20H27NO2. The summed E-state index contributed by atoms with van der Waals surface area (Å²) in [7, 11) is 0. The highest BCUT2D eigenvalue weighted by Gasteiger charge is 2.07. The smallest absolute Gasteiger partial charge is 0.189 e. The number of aryl methyl sites for hydroxylation is 1. The molecule has 0 unspecified atom stereocenters. The maximum atomic E-state index is 12.1. The summed E-state index contributed by atoms with van der Waals surface area (Å²) in [5.74, 6) is 0. The van der Waals surface area contributed by atoms with E-state index in [2.05, 4.69) is 19.1 Å². The zero-order valence-electron chi connectivity index (χ0n) is 14.0. The third kappa shape index (κ3) is 4.98. The number of para-hydroxylation sites is 1. The van der Waals surface area contributed by atoms with Crippen molar-refractivity contribution in [3.8, 4) is 0 Å². The number of fused-ring (bicyclic) bond motifs is 1. The Labute approximate surface area is 138 Å². The summed E-state index contributed by atoms with van der Waals surface area (Å²) in [5.41, 5.74) is 1.25. The van der Waals surface area contributed by atoms with Gasteiger partial charge in [0.1, 0.15) is 0 Å². The summed E-state index contributed by atoms with van der Waals surface area (Å²) in [6.45, 7) is 2.23. The Morgan fingerprint density at radius 3 is 2.57 bits per heavy atom. The van der Waals surface area contributed by atoms with Crippen molar-refractivity contribution < 1.29 is 5.21 Å². The van der Waals surface area contributed by atoms with Gasteiger partial charge >= 0.3 is 0 Å². The molecule has 0 aliphatic carbocycles. The minimum Gasteiger partial charge on any atom is -0.428 e. The fourth-order valence-electron chi connectivity index (χ4n) is 2.82. The molecule has 1 aromatic heterocycles. The second kappa shape index (κ2) is 9.19. The lowest BCUT2D eigenvalue weighted by Gasteiger charge is -2.09. The second-order valence-electron chi connectivity index (χ2n) is 6.04. The Balaban J connectivity index is 1.85. The molecule has 1 N–H and O–H groups in total. The van der Waals surface area contributed by atoms with Crippen LogP contribution in [0.15, 0.2) is 47.3 Å². The van der Waals surface area contributed by atoms with Crippen LogP contribution in [-0.4, -0.2) is 9.94 Å². The minimum atomic E-state index is -0.0210. The molecule has 3 heteroatoms. The van der Waals surface area contributed by atoms with Crippen LogP contribution < -0.4 is 5.43 Å². The molecule has 0 aliphatic heterocycles. The first-order valence-corrected chi connectivity index (χ1v) is 8.72. The Morgan fingerprint density at radius 2 is 1.78 bits per heavy atom. The molecule has 0 saturated carbocycles. The van der Waals surface area contributed by atoms with Gasteiger partial charge in [-0.25, -0.2) is 0 Å². The van der Waals surface area contributed by atoms with Gasteiger partial charge in [0.2, 0.25) is 0 Å². The number of benzene rings is 1. The summed E-state index contributed by atoms with van der Waals surface area (Å²) in [5, 5.41) is 10.8. The lowest BCUT2D eigenvalue weighted by Crippen LogP contribution is -2.12. The van der Waals surface area contributed by atoms with Crippen molar-refractivity contribution in [2.24, 2.45) is 0 Å². The van der Waals surface area contributed by atoms with Gasteiger partial charge in [0.05, 0.1) is 11.2 Å². The highest BCUT2D eigenvalue weighted by Crippen LogP contribution is 2.13. The molecule has 0 radical (unpaired) electrons. The third-order valence-corrected chi connectivity index (χ3v) is 4.16.